The van der Waals surface area contributed by atoms with Crippen molar-refractivity contribution in [1.82, 2.24) is 5.32 Å². The summed E-state index contributed by atoms with van der Waals surface area (Å²) in [5.74, 6) is 0. The molecule has 0 spiro atoms. The minimum atomic E-state index is -0.328. The van der Waals surface area contributed by atoms with Crippen molar-refractivity contribution >= 4 is 6.47 Å². The van der Waals surface area contributed by atoms with Gasteiger partial charge in [-0.15, -0.1) is 0 Å². The highest BCUT2D eigenvalue weighted by atomic mass is 16.7. The first kappa shape index (κ1) is 8.45. The van der Waals surface area contributed by atoms with E-state index in [4.69, 9.17) is 9.47 Å². The normalized spacial score (nSPS) is 23.5. The molecule has 64 valence electrons. The maximum atomic E-state index is 9.68. The van der Waals surface area contributed by atoms with Crippen LogP contribution in [0.5, 0.6) is 0 Å². The standard InChI is InChI=1S/C6H11NO4/c8-5-9-3-4-11-6-7-1-2-10-6/h5-7H,1-4H2. The minimum Gasteiger partial charge on any atom is -0.465 e. The molecule has 1 atom stereocenters. The van der Waals surface area contributed by atoms with E-state index in [9.17, 15) is 4.79 Å². The zero-order valence-corrected chi connectivity index (χ0v) is 6.12. The second kappa shape index (κ2) is 5.06. The molecule has 1 rings (SSSR count). The molecule has 1 unspecified atom stereocenters. The SMILES string of the molecule is O=COCCOC1NCCO1. The van der Waals surface area contributed by atoms with Crippen LogP contribution in [0.1, 0.15) is 0 Å². The molecule has 0 amide bonds. The first-order valence-electron chi connectivity index (χ1n) is 3.45. The third-order valence-corrected chi connectivity index (χ3v) is 1.22. The van der Waals surface area contributed by atoms with Crippen LogP contribution >= 0.6 is 0 Å². The molecule has 1 heterocycles. The van der Waals surface area contributed by atoms with E-state index < -0.39 is 0 Å². The van der Waals surface area contributed by atoms with Crippen LogP contribution in [0.3, 0.4) is 0 Å². The largest absolute Gasteiger partial charge is 0.465 e. The first-order valence-corrected chi connectivity index (χ1v) is 3.45. The Morgan fingerprint density at radius 1 is 1.64 bits per heavy atom. The summed E-state index contributed by atoms with van der Waals surface area (Å²) < 4.78 is 14.5. The van der Waals surface area contributed by atoms with Crippen molar-refractivity contribution in [2.24, 2.45) is 0 Å². The zero-order valence-electron chi connectivity index (χ0n) is 6.12. The fraction of sp³-hybridized carbons (Fsp3) is 0.833. The third kappa shape index (κ3) is 3.31. The molecule has 0 saturated carbocycles. The highest BCUT2D eigenvalue weighted by Crippen LogP contribution is 1.95. The van der Waals surface area contributed by atoms with Crippen molar-refractivity contribution < 1.29 is 19.0 Å². The summed E-state index contributed by atoms with van der Waals surface area (Å²) in [5, 5.41) is 2.95. The van der Waals surface area contributed by atoms with E-state index in [0.717, 1.165) is 6.54 Å². The Balaban J connectivity index is 1.89. The van der Waals surface area contributed by atoms with Gasteiger partial charge in [-0.25, -0.2) is 0 Å². The van der Waals surface area contributed by atoms with Crippen molar-refractivity contribution in [3.05, 3.63) is 0 Å². The molecule has 1 N–H and O–H groups in total. The summed E-state index contributed by atoms with van der Waals surface area (Å²) in [5.41, 5.74) is 0. The molecule has 0 aromatic heterocycles. The molecule has 5 heteroatoms. The van der Waals surface area contributed by atoms with Crippen molar-refractivity contribution in [3.63, 3.8) is 0 Å². The van der Waals surface area contributed by atoms with Crippen LogP contribution in [0, 0.1) is 0 Å². The number of ether oxygens (including phenoxy) is 3. The van der Waals surface area contributed by atoms with Gasteiger partial charge in [0, 0.05) is 6.54 Å². The molecule has 1 aliphatic heterocycles. The van der Waals surface area contributed by atoms with Gasteiger partial charge in [0.15, 0.2) is 0 Å². The fourth-order valence-corrected chi connectivity index (χ4v) is 0.760. The number of nitrogens with one attached hydrogen (secondary N) is 1. The van der Waals surface area contributed by atoms with Gasteiger partial charge >= 0.3 is 0 Å². The van der Waals surface area contributed by atoms with Gasteiger partial charge in [-0.3, -0.25) is 10.1 Å². The maximum absolute atomic E-state index is 9.68. The van der Waals surface area contributed by atoms with Gasteiger partial charge in [-0.2, -0.15) is 0 Å². The predicted octanol–water partition coefficient (Wildman–Crippen LogP) is -0.921. The van der Waals surface area contributed by atoms with Gasteiger partial charge in [-0.1, -0.05) is 0 Å². The number of carbonyl (C=O) groups is 1. The van der Waals surface area contributed by atoms with Crippen molar-refractivity contribution in [2.75, 3.05) is 26.4 Å². The Labute approximate surface area is 64.6 Å². The molecule has 1 aliphatic rings. The molecule has 11 heavy (non-hydrogen) atoms. The Morgan fingerprint density at radius 3 is 3.18 bits per heavy atom. The summed E-state index contributed by atoms with van der Waals surface area (Å²) in [7, 11) is 0. The molecular weight excluding hydrogens is 150 g/mol. The van der Waals surface area contributed by atoms with E-state index in [0.29, 0.717) is 19.7 Å². The smallest absolute Gasteiger partial charge is 0.293 e. The molecule has 0 aromatic carbocycles. The molecule has 1 saturated heterocycles. The van der Waals surface area contributed by atoms with E-state index in [1.165, 1.54) is 0 Å². The highest BCUT2D eigenvalue weighted by Gasteiger charge is 2.13. The Kier molecular flexibility index (Phi) is 3.89. The van der Waals surface area contributed by atoms with Gasteiger partial charge in [0.1, 0.15) is 6.61 Å². The number of rotatable bonds is 5. The number of carbonyl (C=O) groups excluding carboxylic acids is 1. The van der Waals surface area contributed by atoms with Gasteiger partial charge < -0.3 is 14.2 Å². The Morgan fingerprint density at radius 2 is 2.55 bits per heavy atom. The summed E-state index contributed by atoms with van der Waals surface area (Å²) in [6.45, 7) is 2.49. The topological polar surface area (TPSA) is 56.8 Å². The van der Waals surface area contributed by atoms with Crippen LogP contribution in [0.15, 0.2) is 0 Å². The van der Waals surface area contributed by atoms with Gasteiger partial charge in [0.05, 0.1) is 13.2 Å². The number of hydrogen-bond donors (Lipinski definition) is 1. The average Bonchev–Trinajstić information content (AvgIpc) is 2.50. The van der Waals surface area contributed by atoms with Crippen LogP contribution in [0.4, 0.5) is 0 Å². The van der Waals surface area contributed by atoms with E-state index in [-0.39, 0.29) is 13.0 Å². The molecule has 1 fully saturated rings. The van der Waals surface area contributed by atoms with E-state index in [2.05, 4.69) is 10.1 Å². The fourth-order valence-electron chi connectivity index (χ4n) is 0.760. The van der Waals surface area contributed by atoms with Gasteiger partial charge in [0.25, 0.3) is 6.47 Å². The zero-order chi connectivity index (χ0) is 7.94. The minimum absolute atomic E-state index is 0.269. The summed E-state index contributed by atoms with van der Waals surface area (Å²) in [6.07, 6.45) is -0.328. The molecule has 0 aromatic rings. The Bertz CT molecular complexity index is 113. The lowest BCUT2D eigenvalue weighted by molar-refractivity contribution is -0.144. The molecule has 0 aliphatic carbocycles. The van der Waals surface area contributed by atoms with Crippen LogP contribution in [-0.2, 0) is 19.0 Å². The van der Waals surface area contributed by atoms with Gasteiger partial charge in [-0.05, 0) is 0 Å². The predicted molar refractivity (Wildman–Crippen MR) is 35.7 cm³/mol. The molecule has 0 radical (unpaired) electrons. The summed E-state index contributed by atoms with van der Waals surface area (Å²) >= 11 is 0. The second-order valence-corrected chi connectivity index (χ2v) is 1.99. The van der Waals surface area contributed by atoms with Crippen LogP contribution < -0.4 is 5.32 Å². The lowest BCUT2D eigenvalue weighted by Gasteiger charge is -2.09. The Hall–Kier alpha value is -0.650. The highest BCUT2D eigenvalue weighted by molar-refractivity contribution is 5.36. The summed E-state index contributed by atoms with van der Waals surface area (Å²) in [4.78, 5) is 9.68. The van der Waals surface area contributed by atoms with Crippen molar-refractivity contribution in [3.8, 4) is 0 Å². The average molecular weight is 161 g/mol. The second-order valence-electron chi connectivity index (χ2n) is 1.99. The molecule has 0 bridgehead atoms. The lowest BCUT2D eigenvalue weighted by Crippen LogP contribution is -2.27. The molecule has 5 nitrogen and oxygen atoms in total. The van der Waals surface area contributed by atoms with E-state index in [1.54, 1.807) is 0 Å². The molecular formula is C6H11NO4. The number of hydrogen-bond acceptors (Lipinski definition) is 5. The van der Waals surface area contributed by atoms with E-state index in [1.807, 2.05) is 0 Å². The quantitative estimate of drug-likeness (QED) is 0.417. The van der Waals surface area contributed by atoms with Crippen molar-refractivity contribution in [1.29, 1.82) is 0 Å². The monoisotopic (exact) mass is 161 g/mol. The van der Waals surface area contributed by atoms with Crippen LogP contribution in [0.2, 0.25) is 0 Å². The van der Waals surface area contributed by atoms with Gasteiger partial charge in [0.2, 0.25) is 6.41 Å². The van der Waals surface area contributed by atoms with Crippen molar-refractivity contribution in [2.45, 2.75) is 6.41 Å². The third-order valence-electron chi connectivity index (χ3n) is 1.22. The lowest BCUT2D eigenvalue weighted by atomic mass is 10.7. The summed E-state index contributed by atoms with van der Waals surface area (Å²) in [6, 6.07) is 0. The maximum Gasteiger partial charge on any atom is 0.293 e. The first-order chi connectivity index (χ1) is 5.43. The van der Waals surface area contributed by atoms with E-state index >= 15 is 0 Å². The van der Waals surface area contributed by atoms with Crippen LogP contribution in [0.25, 0.3) is 0 Å². The van der Waals surface area contributed by atoms with Crippen LogP contribution in [-0.4, -0.2) is 39.3 Å².